The second-order valence-electron chi connectivity index (χ2n) is 7.92. The molecule has 1 aromatic carbocycles. The van der Waals surface area contributed by atoms with E-state index >= 15 is 0 Å². The fourth-order valence-corrected chi connectivity index (χ4v) is 4.62. The Bertz CT molecular complexity index is 1120. The number of rotatable bonds is 6. The van der Waals surface area contributed by atoms with Crippen molar-refractivity contribution in [1.82, 2.24) is 24.5 Å². The molecule has 8 nitrogen and oxygen atoms in total. The Morgan fingerprint density at radius 3 is 2.48 bits per heavy atom. The molecule has 2 heterocycles. The molecule has 0 fully saturated rings. The minimum atomic E-state index is -3.65. The number of benzene rings is 1. The zero-order valence-electron chi connectivity index (χ0n) is 17.3. The summed E-state index contributed by atoms with van der Waals surface area (Å²) in [6.07, 6.45) is 3.23. The van der Waals surface area contributed by atoms with Crippen molar-refractivity contribution in [2.75, 3.05) is 5.32 Å². The van der Waals surface area contributed by atoms with Gasteiger partial charge in [-0.05, 0) is 52.3 Å². The van der Waals surface area contributed by atoms with Crippen LogP contribution in [0.2, 0.25) is 0 Å². The van der Waals surface area contributed by atoms with Gasteiger partial charge in [0.25, 0.3) is 0 Å². The zero-order chi connectivity index (χ0) is 21.2. The Balaban J connectivity index is 1.83. The highest BCUT2D eigenvalue weighted by Gasteiger charge is 2.24. The van der Waals surface area contributed by atoms with Crippen molar-refractivity contribution >= 4 is 15.8 Å². The molecule has 29 heavy (non-hydrogen) atoms. The maximum absolute atomic E-state index is 12.8. The molecule has 0 aliphatic carbocycles. The highest BCUT2D eigenvalue weighted by molar-refractivity contribution is 7.89. The smallest absolute Gasteiger partial charge is 0.241 e. The quantitative estimate of drug-likeness (QED) is 0.643. The van der Waals surface area contributed by atoms with Gasteiger partial charge in [0.2, 0.25) is 10.0 Å². The van der Waals surface area contributed by atoms with Crippen LogP contribution in [-0.2, 0) is 16.6 Å². The normalized spacial score (nSPS) is 12.2. The number of aromatic nitrogens is 4. The van der Waals surface area contributed by atoms with E-state index in [1.54, 1.807) is 35.3 Å². The summed E-state index contributed by atoms with van der Waals surface area (Å²) in [6.45, 7) is 9.59. The number of sulfonamides is 1. The molecular formula is C20H26N6O2S. The van der Waals surface area contributed by atoms with Crippen LogP contribution in [0.3, 0.4) is 0 Å². The van der Waals surface area contributed by atoms with E-state index in [1.807, 2.05) is 46.8 Å². The third kappa shape index (κ3) is 5.18. The summed E-state index contributed by atoms with van der Waals surface area (Å²) in [5, 5.41) is 7.58. The average Bonchev–Trinajstić information content (AvgIpc) is 2.97. The molecule has 0 saturated heterocycles. The second-order valence-corrected chi connectivity index (χ2v) is 9.57. The molecule has 0 bridgehead atoms. The van der Waals surface area contributed by atoms with Gasteiger partial charge in [0.1, 0.15) is 5.82 Å². The Hall–Kier alpha value is -2.78. The van der Waals surface area contributed by atoms with Gasteiger partial charge in [0, 0.05) is 17.8 Å². The van der Waals surface area contributed by atoms with Crippen molar-refractivity contribution in [3.05, 3.63) is 59.7 Å². The van der Waals surface area contributed by atoms with E-state index in [-0.39, 0.29) is 11.4 Å². The molecule has 2 N–H and O–H groups in total. The molecule has 154 valence electrons. The van der Waals surface area contributed by atoms with Gasteiger partial charge in [0.05, 0.1) is 23.0 Å². The molecule has 0 atom stereocenters. The van der Waals surface area contributed by atoms with Gasteiger partial charge in [-0.3, -0.25) is 4.98 Å². The molecule has 3 aromatic rings. The first-order chi connectivity index (χ1) is 13.5. The van der Waals surface area contributed by atoms with Crippen LogP contribution in [0.15, 0.2) is 47.6 Å². The molecule has 2 aromatic heterocycles. The molecule has 0 aliphatic heterocycles. The van der Waals surface area contributed by atoms with Gasteiger partial charge in [-0.2, -0.15) is 5.10 Å². The minimum absolute atomic E-state index is 0.241. The summed E-state index contributed by atoms with van der Waals surface area (Å²) in [7, 11) is -3.65. The maximum Gasteiger partial charge on any atom is 0.241 e. The van der Waals surface area contributed by atoms with E-state index in [0.29, 0.717) is 17.2 Å². The largest absolute Gasteiger partial charge is 0.365 e. The van der Waals surface area contributed by atoms with Crippen LogP contribution in [0.25, 0.3) is 5.82 Å². The Labute approximate surface area is 171 Å². The lowest BCUT2D eigenvalue weighted by molar-refractivity contribution is 0.491. The fourth-order valence-electron chi connectivity index (χ4n) is 2.96. The van der Waals surface area contributed by atoms with E-state index in [1.165, 1.54) is 0 Å². The summed E-state index contributed by atoms with van der Waals surface area (Å²) in [5.41, 5.74) is 1.92. The molecule has 9 heteroatoms. The topological polar surface area (TPSA) is 102 Å². The number of hydrogen-bond donors (Lipinski definition) is 2. The van der Waals surface area contributed by atoms with Crippen molar-refractivity contribution < 1.29 is 8.42 Å². The van der Waals surface area contributed by atoms with Crippen molar-refractivity contribution in [3.63, 3.8) is 0 Å². The van der Waals surface area contributed by atoms with E-state index in [9.17, 15) is 8.42 Å². The van der Waals surface area contributed by atoms with Crippen molar-refractivity contribution in [1.29, 1.82) is 0 Å². The predicted octanol–water partition coefficient (Wildman–Crippen LogP) is 2.97. The average molecular weight is 415 g/mol. The summed E-state index contributed by atoms with van der Waals surface area (Å²) in [4.78, 5) is 9.01. The van der Waals surface area contributed by atoms with Gasteiger partial charge in [-0.1, -0.05) is 18.2 Å². The number of nitrogens with zero attached hydrogens (tertiary/aromatic N) is 4. The summed E-state index contributed by atoms with van der Waals surface area (Å²) in [5.74, 6) is 1.13. The van der Waals surface area contributed by atoms with Crippen molar-refractivity contribution in [2.24, 2.45) is 0 Å². The molecule has 3 rings (SSSR count). The summed E-state index contributed by atoms with van der Waals surface area (Å²) < 4.78 is 30.0. The van der Waals surface area contributed by atoms with Crippen LogP contribution < -0.4 is 10.0 Å². The first kappa shape index (κ1) is 20.9. The van der Waals surface area contributed by atoms with E-state index in [4.69, 9.17) is 0 Å². The van der Waals surface area contributed by atoms with Gasteiger partial charge < -0.3 is 5.32 Å². The van der Waals surface area contributed by atoms with Crippen molar-refractivity contribution in [2.45, 2.75) is 51.6 Å². The first-order valence-electron chi connectivity index (χ1n) is 9.27. The van der Waals surface area contributed by atoms with Gasteiger partial charge in [0.15, 0.2) is 5.82 Å². The molecule has 0 radical (unpaired) electrons. The fraction of sp³-hybridized carbons (Fsp3) is 0.350. The number of anilines is 1. The van der Waals surface area contributed by atoms with Gasteiger partial charge >= 0.3 is 0 Å². The van der Waals surface area contributed by atoms with Crippen LogP contribution in [0, 0.1) is 13.8 Å². The molecule has 0 amide bonds. The number of hydrogen-bond acceptors (Lipinski definition) is 6. The summed E-state index contributed by atoms with van der Waals surface area (Å²) in [6, 6.07) is 8.87. The molecular weight excluding hydrogens is 388 g/mol. The standard InChI is InChI=1S/C20H26N6O2S/c1-14-10-15(2)26(24-14)19-13-21-12-18(23-19)22-11-16-8-6-7-9-17(16)29(27,28)25-20(3,4)5/h6-10,12-13,25H,11H2,1-5H3,(H,22,23). The van der Waals surface area contributed by atoms with Gasteiger partial charge in [-0.25, -0.2) is 22.8 Å². The van der Waals surface area contributed by atoms with Gasteiger partial charge in [-0.15, -0.1) is 0 Å². The summed E-state index contributed by atoms with van der Waals surface area (Å²) >= 11 is 0. The van der Waals surface area contributed by atoms with Crippen LogP contribution in [0.4, 0.5) is 5.82 Å². The zero-order valence-corrected chi connectivity index (χ0v) is 18.1. The van der Waals surface area contributed by atoms with E-state index in [2.05, 4.69) is 25.1 Å². The molecule has 0 aliphatic rings. The third-order valence-electron chi connectivity index (χ3n) is 4.01. The number of nitrogens with one attached hydrogen (secondary N) is 2. The first-order valence-corrected chi connectivity index (χ1v) is 10.7. The van der Waals surface area contributed by atoms with Crippen LogP contribution in [0.5, 0.6) is 0 Å². The molecule has 0 saturated carbocycles. The van der Waals surface area contributed by atoms with E-state index in [0.717, 1.165) is 11.4 Å². The SMILES string of the molecule is Cc1cc(C)n(-c2cncc(NCc3ccccc3S(=O)(=O)NC(C)(C)C)n2)n1. The Morgan fingerprint density at radius 2 is 1.83 bits per heavy atom. The van der Waals surface area contributed by atoms with Crippen LogP contribution in [0.1, 0.15) is 37.7 Å². The lowest BCUT2D eigenvalue weighted by atomic mass is 10.1. The number of aryl methyl sites for hydroxylation is 2. The lowest BCUT2D eigenvalue weighted by Gasteiger charge is -2.21. The van der Waals surface area contributed by atoms with Crippen LogP contribution >= 0.6 is 0 Å². The second kappa shape index (κ2) is 7.92. The van der Waals surface area contributed by atoms with Crippen LogP contribution in [-0.4, -0.2) is 33.7 Å². The third-order valence-corrected chi connectivity index (χ3v) is 5.87. The Morgan fingerprint density at radius 1 is 1.10 bits per heavy atom. The Kier molecular flexibility index (Phi) is 5.72. The van der Waals surface area contributed by atoms with Crippen molar-refractivity contribution in [3.8, 4) is 5.82 Å². The predicted molar refractivity (Wildman–Crippen MR) is 112 cm³/mol. The maximum atomic E-state index is 12.8. The monoisotopic (exact) mass is 414 g/mol. The van der Waals surface area contributed by atoms with E-state index < -0.39 is 15.6 Å². The molecule has 0 spiro atoms. The molecule has 0 unspecified atom stereocenters. The minimum Gasteiger partial charge on any atom is -0.365 e. The highest BCUT2D eigenvalue weighted by atomic mass is 32.2. The highest BCUT2D eigenvalue weighted by Crippen LogP contribution is 2.19. The lowest BCUT2D eigenvalue weighted by Crippen LogP contribution is -2.40.